The van der Waals surface area contributed by atoms with Crippen molar-refractivity contribution < 1.29 is 9.90 Å². The van der Waals surface area contributed by atoms with Crippen LogP contribution in [0.1, 0.15) is 23.2 Å². The fraction of sp³-hybridized carbons (Fsp3) is 0.417. The molecule has 92 valence electrons. The number of nitrogens with two attached hydrogens (primary N) is 1. The second-order valence-corrected chi connectivity index (χ2v) is 4.75. The third-order valence-electron chi connectivity index (χ3n) is 2.97. The first kappa shape index (κ1) is 12.2. The van der Waals surface area contributed by atoms with Crippen LogP contribution in [0, 0.1) is 5.92 Å². The van der Waals surface area contributed by atoms with Gasteiger partial charge < -0.3 is 16.2 Å². The average molecular weight is 255 g/mol. The first-order chi connectivity index (χ1) is 8.11. The molecule has 0 spiro atoms. The third-order valence-corrected chi connectivity index (χ3v) is 3.20. The lowest BCUT2D eigenvalue weighted by Gasteiger charge is -2.16. The van der Waals surface area contributed by atoms with E-state index in [2.05, 4.69) is 5.32 Å². The minimum atomic E-state index is -0.304. The van der Waals surface area contributed by atoms with Crippen molar-refractivity contribution in [3.05, 3.63) is 28.8 Å². The molecule has 1 aliphatic carbocycles. The van der Waals surface area contributed by atoms with Gasteiger partial charge in [0.1, 0.15) is 5.75 Å². The predicted octanol–water partition coefficient (Wildman–Crippen LogP) is 1.51. The van der Waals surface area contributed by atoms with Crippen molar-refractivity contribution in [2.75, 3.05) is 6.54 Å². The number of rotatable bonds is 4. The highest BCUT2D eigenvalue weighted by Gasteiger charge is 2.31. The van der Waals surface area contributed by atoms with Crippen LogP contribution >= 0.6 is 11.6 Å². The topological polar surface area (TPSA) is 75.3 Å². The first-order valence-electron chi connectivity index (χ1n) is 5.61. The minimum Gasteiger partial charge on any atom is -0.507 e. The molecule has 1 aliphatic rings. The van der Waals surface area contributed by atoms with E-state index >= 15 is 0 Å². The molecule has 4 nitrogen and oxygen atoms in total. The predicted molar refractivity (Wildman–Crippen MR) is 66.1 cm³/mol. The quantitative estimate of drug-likeness (QED) is 0.762. The van der Waals surface area contributed by atoms with Gasteiger partial charge in [-0.25, -0.2) is 0 Å². The number of phenolic OH excluding ortho intramolecular Hbond substituents is 1. The normalized spacial score (nSPS) is 16.6. The van der Waals surface area contributed by atoms with E-state index < -0.39 is 0 Å². The van der Waals surface area contributed by atoms with E-state index in [4.69, 9.17) is 17.3 Å². The van der Waals surface area contributed by atoms with Crippen molar-refractivity contribution in [1.82, 2.24) is 5.32 Å². The van der Waals surface area contributed by atoms with Gasteiger partial charge in [0.25, 0.3) is 5.91 Å². The number of nitrogens with one attached hydrogen (secondary N) is 1. The van der Waals surface area contributed by atoms with Crippen molar-refractivity contribution in [1.29, 1.82) is 0 Å². The lowest BCUT2D eigenvalue weighted by molar-refractivity contribution is 0.0931. The molecule has 1 unspecified atom stereocenters. The van der Waals surface area contributed by atoms with Crippen molar-refractivity contribution >= 4 is 17.5 Å². The van der Waals surface area contributed by atoms with Crippen LogP contribution < -0.4 is 11.1 Å². The third kappa shape index (κ3) is 2.90. The van der Waals surface area contributed by atoms with E-state index in [1.54, 1.807) is 6.07 Å². The summed E-state index contributed by atoms with van der Waals surface area (Å²) < 4.78 is 0. The standard InChI is InChI=1S/C12H15ClN2O2/c13-8-3-4-9(11(16)5-8)12(17)15-10(6-14)7-1-2-7/h3-5,7,10,16H,1-2,6,14H2,(H,15,17). The highest BCUT2D eigenvalue weighted by atomic mass is 35.5. The smallest absolute Gasteiger partial charge is 0.255 e. The maximum absolute atomic E-state index is 11.9. The number of phenols is 1. The Kier molecular flexibility index (Phi) is 3.54. The number of aromatic hydroxyl groups is 1. The van der Waals surface area contributed by atoms with Gasteiger partial charge in [-0.05, 0) is 37.0 Å². The van der Waals surface area contributed by atoms with Crippen LogP contribution in [0.15, 0.2) is 18.2 Å². The zero-order valence-electron chi connectivity index (χ0n) is 9.32. The maximum atomic E-state index is 11.9. The molecule has 0 radical (unpaired) electrons. The molecule has 2 rings (SSSR count). The molecule has 1 saturated carbocycles. The van der Waals surface area contributed by atoms with Gasteiger partial charge in [0.05, 0.1) is 5.56 Å². The molecule has 1 atom stereocenters. The van der Waals surface area contributed by atoms with Gasteiger partial charge in [0.15, 0.2) is 0 Å². The Labute approximate surface area is 105 Å². The van der Waals surface area contributed by atoms with Gasteiger partial charge in [-0.15, -0.1) is 0 Å². The summed E-state index contributed by atoms with van der Waals surface area (Å²) in [6, 6.07) is 4.43. The van der Waals surface area contributed by atoms with Gasteiger partial charge in [0, 0.05) is 17.6 Å². The number of hydrogen-bond acceptors (Lipinski definition) is 3. The van der Waals surface area contributed by atoms with E-state index in [9.17, 15) is 9.90 Å². The second-order valence-electron chi connectivity index (χ2n) is 4.31. The van der Waals surface area contributed by atoms with E-state index in [1.165, 1.54) is 12.1 Å². The van der Waals surface area contributed by atoms with Crippen LogP contribution in [0.5, 0.6) is 5.75 Å². The SMILES string of the molecule is NCC(NC(=O)c1ccc(Cl)cc1O)C1CC1. The molecule has 1 fully saturated rings. The molecule has 1 amide bonds. The van der Waals surface area contributed by atoms with Gasteiger partial charge in [0.2, 0.25) is 0 Å². The zero-order valence-corrected chi connectivity index (χ0v) is 10.1. The molecule has 5 heteroatoms. The fourth-order valence-electron chi connectivity index (χ4n) is 1.81. The van der Waals surface area contributed by atoms with Crippen LogP contribution in [-0.2, 0) is 0 Å². The molecule has 1 aromatic rings. The number of benzene rings is 1. The van der Waals surface area contributed by atoms with Gasteiger partial charge >= 0.3 is 0 Å². The van der Waals surface area contributed by atoms with Gasteiger partial charge in [-0.2, -0.15) is 0 Å². The maximum Gasteiger partial charge on any atom is 0.255 e. The van der Waals surface area contributed by atoms with Gasteiger partial charge in [-0.3, -0.25) is 4.79 Å². The Morgan fingerprint density at radius 1 is 1.59 bits per heavy atom. The van der Waals surface area contributed by atoms with Crippen molar-refractivity contribution in [2.45, 2.75) is 18.9 Å². The van der Waals surface area contributed by atoms with Crippen LogP contribution in [-0.4, -0.2) is 23.6 Å². The van der Waals surface area contributed by atoms with Crippen LogP contribution in [0.3, 0.4) is 0 Å². The van der Waals surface area contributed by atoms with Gasteiger partial charge in [-0.1, -0.05) is 11.6 Å². The number of carbonyl (C=O) groups excluding carboxylic acids is 1. The number of amides is 1. The summed E-state index contributed by atoms with van der Waals surface area (Å²) in [5.74, 6) is 0.0708. The zero-order chi connectivity index (χ0) is 12.4. The summed E-state index contributed by atoms with van der Waals surface area (Å²) in [6.45, 7) is 0.421. The van der Waals surface area contributed by atoms with E-state index in [-0.39, 0.29) is 23.3 Å². The highest BCUT2D eigenvalue weighted by molar-refractivity contribution is 6.30. The largest absolute Gasteiger partial charge is 0.507 e. The lowest BCUT2D eigenvalue weighted by Crippen LogP contribution is -2.41. The molecule has 0 aromatic heterocycles. The Hall–Kier alpha value is -1.26. The molecular weight excluding hydrogens is 240 g/mol. The Balaban J connectivity index is 2.08. The highest BCUT2D eigenvalue weighted by Crippen LogP contribution is 2.32. The second kappa shape index (κ2) is 4.94. The first-order valence-corrected chi connectivity index (χ1v) is 5.99. The van der Waals surface area contributed by atoms with E-state index in [1.807, 2.05) is 0 Å². The summed E-state index contributed by atoms with van der Waals surface area (Å²) in [5.41, 5.74) is 5.83. The van der Waals surface area contributed by atoms with Crippen molar-refractivity contribution in [2.24, 2.45) is 11.7 Å². The molecule has 4 N–H and O–H groups in total. The molecule has 0 bridgehead atoms. The summed E-state index contributed by atoms with van der Waals surface area (Å²) >= 11 is 5.70. The molecule has 0 aliphatic heterocycles. The van der Waals surface area contributed by atoms with Crippen LogP contribution in [0.2, 0.25) is 5.02 Å². The molecule has 0 heterocycles. The summed E-state index contributed by atoms with van der Waals surface area (Å²) in [5, 5.41) is 12.9. The lowest BCUT2D eigenvalue weighted by atomic mass is 10.1. The number of carbonyl (C=O) groups is 1. The van der Waals surface area contributed by atoms with E-state index in [0.29, 0.717) is 17.5 Å². The number of halogens is 1. The Morgan fingerprint density at radius 3 is 2.82 bits per heavy atom. The Bertz CT molecular complexity index is 433. The Morgan fingerprint density at radius 2 is 2.29 bits per heavy atom. The van der Waals surface area contributed by atoms with Crippen molar-refractivity contribution in [3.8, 4) is 5.75 Å². The van der Waals surface area contributed by atoms with E-state index in [0.717, 1.165) is 12.8 Å². The average Bonchev–Trinajstić information content (AvgIpc) is 3.09. The number of hydrogen-bond donors (Lipinski definition) is 3. The molecule has 17 heavy (non-hydrogen) atoms. The minimum absolute atomic E-state index is 0.00224. The summed E-state index contributed by atoms with van der Waals surface area (Å²) in [7, 11) is 0. The summed E-state index contributed by atoms with van der Waals surface area (Å²) in [4.78, 5) is 11.9. The molecule has 1 aromatic carbocycles. The summed E-state index contributed by atoms with van der Waals surface area (Å²) in [6.07, 6.45) is 2.21. The van der Waals surface area contributed by atoms with Crippen LogP contribution in [0.4, 0.5) is 0 Å². The molecule has 0 saturated heterocycles. The van der Waals surface area contributed by atoms with Crippen molar-refractivity contribution in [3.63, 3.8) is 0 Å². The monoisotopic (exact) mass is 254 g/mol. The van der Waals surface area contributed by atoms with Crippen LogP contribution in [0.25, 0.3) is 0 Å². The fourth-order valence-corrected chi connectivity index (χ4v) is 1.98. The molecular formula is C12H15ClN2O2.